The fourth-order valence-corrected chi connectivity index (χ4v) is 6.57. The van der Waals surface area contributed by atoms with Gasteiger partial charge < -0.3 is 14.4 Å². The molecule has 3 aliphatic carbocycles. The molecule has 0 radical (unpaired) electrons. The summed E-state index contributed by atoms with van der Waals surface area (Å²) in [7, 11) is 1.77. The van der Waals surface area contributed by atoms with Gasteiger partial charge in [-0.3, -0.25) is 0 Å². The van der Waals surface area contributed by atoms with Crippen molar-refractivity contribution in [2.24, 2.45) is 29.1 Å². The molecule has 0 aromatic carbocycles. The number of rotatable bonds is 2. The number of carbonyl (C=O) groups is 1. The average molecular weight is 345 g/mol. The third-order valence-corrected chi connectivity index (χ3v) is 7.50. The van der Waals surface area contributed by atoms with Gasteiger partial charge in [-0.05, 0) is 67.4 Å². The van der Waals surface area contributed by atoms with Crippen molar-refractivity contribution in [3.05, 3.63) is 24.0 Å². The molecule has 1 amide bonds. The Morgan fingerprint density at radius 1 is 1.40 bits per heavy atom. The van der Waals surface area contributed by atoms with Crippen LogP contribution in [0.4, 0.5) is 4.79 Å². The topological polar surface area (TPSA) is 38.8 Å². The molecular formula is C21H31NO3. The van der Waals surface area contributed by atoms with E-state index in [0.717, 1.165) is 18.7 Å². The van der Waals surface area contributed by atoms with Gasteiger partial charge in [-0.1, -0.05) is 25.8 Å². The predicted molar refractivity (Wildman–Crippen MR) is 96.9 cm³/mol. The zero-order chi connectivity index (χ0) is 17.6. The van der Waals surface area contributed by atoms with Gasteiger partial charge in [0.25, 0.3) is 0 Å². The van der Waals surface area contributed by atoms with E-state index in [1.807, 2.05) is 6.92 Å². The van der Waals surface area contributed by atoms with E-state index in [-0.39, 0.29) is 6.09 Å². The molecule has 0 aromatic heterocycles. The number of hydrogen-bond donors (Lipinski definition) is 0. The Hall–Kier alpha value is -1.45. The van der Waals surface area contributed by atoms with Gasteiger partial charge in [-0.15, -0.1) is 0 Å². The Morgan fingerprint density at radius 2 is 2.24 bits per heavy atom. The molecular weight excluding hydrogens is 314 g/mol. The minimum Gasteiger partial charge on any atom is -0.497 e. The van der Waals surface area contributed by atoms with Crippen molar-refractivity contribution in [1.29, 1.82) is 0 Å². The van der Waals surface area contributed by atoms with Crippen molar-refractivity contribution >= 4 is 6.09 Å². The van der Waals surface area contributed by atoms with Crippen LogP contribution in [-0.4, -0.2) is 37.3 Å². The average Bonchev–Trinajstić information content (AvgIpc) is 2.64. The van der Waals surface area contributed by atoms with Crippen molar-refractivity contribution in [3.63, 3.8) is 0 Å². The normalized spacial score (nSPS) is 42.1. The fraction of sp³-hybridized carbons (Fsp3) is 0.762. The highest BCUT2D eigenvalue weighted by Gasteiger charge is 2.62. The molecule has 0 N–H and O–H groups in total. The summed E-state index contributed by atoms with van der Waals surface area (Å²) in [6.45, 7) is 5.55. The molecule has 1 saturated heterocycles. The molecule has 0 aromatic rings. The van der Waals surface area contributed by atoms with Crippen LogP contribution in [0.1, 0.15) is 46.0 Å². The van der Waals surface area contributed by atoms with E-state index in [1.54, 1.807) is 7.11 Å². The Balaban J connectivity index is 1.74. The van der Waals surface area contributed by atoms with Gasteiger partial charge in [-0.25, -0.2) is 4.79 Å². The molecule has 3 unspecified atom stereocenters. The summed E-state index contributed by atoms with van der Waals surface area (Å²) in [5, 5.41) is 0. The van der Waals surface area contributed by atoms with Crippen LogP contribution in [0.15, 0.2) is 24.0 Å². The summed E-state index contributed by atoms with van der Waals surface area (Å²) in [6.07, 6.45) is 13.0. The Morgan fingerprint density at radius 3 is 3.00 bits per heavy atom. The number of fused-ring (bicyclic) bond motifs is 1. The highest BCUT2D eigenvalue weighted by molar-refractivity contribution is 5.68. The number of carbonyl (C=O) groups excluding carboxylic acids is 1. The SMILES string of the molecule is CCOC(=O)N1C[C@H](C)[C@@]23CCCCC2[C@@H]1CC1C=CC(OC)=CC13. The second-order valence-corrected chi connectivity index (χ2v) is 8.34. The van der Waals surface area contributed by atoms with Crippen molar-refractivity contribution < 1.29 is 14.3 Å². The van der Waals surface area contributed by atoms with Gasteiger partial charge in [0.2, 0.25) is 0 Å². The largest absolute Gasteiger partial charge is 0.497 e. The van der Waals surface area contributed by atoms with E-state index in [9.17, 15) is 4.79 Å². The minimum atomic E-state index is -0.107. The number of hydrogen-bond acceptors (Lipinski definition) is 3. The summed E-state index contributed by atoms with van der Waals surface area (Å²) in [6, 6.07) is 0.332. The molecule has 0 spiro atoms. The van der Waals surface area contributed by atoms with Crippen molar-refractivity contribution in [2.45, 2.75) is 52.0 Å². The van der Waals surface area contributed by atoms with E-state index in [1.165, 1.54) is 25.7 Å². The van der Waals surface area contributed by atoms with Crippen LogP contribution in [0, 0.1) is 29.1 Å². The minimum absolute atomic E-state index is 0.107. The van der Waals surface area contributed by atoms with Gasteiger partial charge in [0.05, 0.1) is 13.7 Å². The third-order valence-electron chi connectivity index (χ3n) is 7.50. The van der Waals surface area contributed by atoms with Crippen molar-refractivity contribution in [1.82, 2.24) is 4.90 Å². The molecule has 3 fully saturated rings. The van der Waals surface area contributed by atoms with Crippen LogP contribution < -0.4 is 0 Å². The van der Waals surface area contributed by atoms with Gasteiger partial charge >= 0.3 is 6.09 Å². The molecule has 1 heterocycles. The second kappa shape index (κ2) is 6.37. The molecule has 6 atom stereocenters. The van der Waals surface area contributed by atoms with Gasteiger partial charge in [0.15, 0.2) is 0 Å². The molecule has 4 heteroatoms. The Kier molecular flexibility index (Phi) is 4.33. The highest BCUT2D eigenvalue weighted by Crippen LogP contribution is 2.64. The maximum absolute atomic E-state index is 12.6. The summed E-state index contributed by atoms with van der Waals surface area (Å²) in [5.74, 6) is 3.16. The lowest BCUT2D eigenvalue weighted by Crippen LogP contribution is -2.67. The lowest BCUT2D eigenvalue weighted by molar-refractivity contribution is -0.147. The summed E-state index contributed by atoms with van der Waals surface area (Å²) < 4.78 is 11.0. The number of allylic oxidation sites excluding steroid dienone is 3. The first-order valence-corrected chi connectivity index (χ1v) is 9.99. The zero-order valence-electron chi connectivity index (χ0n) is 15.7. The Bertz CT molecular complexity index is 598. The van der Waals surface area contributed by atoms with Crippen LogP contribution >= 0.6 is 0 Å². The van der Waals surface area contributed by atoms with Crippen LogP contribution in [0.25, 0.3) is 0 Å². The number of methoxy groups -OCH3 is 1. The van der Waals surface area contributed by atoms with Crippen LogP contribution in [0.3, 0.4) is 0 Å². The van der Waals surface area contributed by atoms with E-state index < -0.39 is 0 Å². The molecule has 25 heavy (non-hydrogen) atoms. The van der Waals surface area contributed by atoms with E-state index in [4.69, 9.17) is 9.47 Å². The van der Waals surface area contributed by atoms with E-state index >= 15 is 0 Å². The fourth-order valence-electron chi connectivity index (χ4n) is 6.57. The molecule has 138 valence electrons. The molecule has 4 aliphatic rings. The van der Waals surface area contributed by atoms with E-state index in [0.29, 0.717) is 41.7 Å². The summed E-state index contributed by atoms with van der Waals surface area (Å²) >= 11 is 0. The number of piperidine rings is 1. The van der Waals surface area contributed by atoms with Crippen molar-refractivity contribution in [2.75, 3.05) is 20.3 Å². The van der Waals surface area contributed by atoms with Crippen LogP contribution in [0.2, 0.25) is 0 Å². The standard InChI is InChI=1S/C21H31NO3/c1-4-25-20(23)22-13-14(2)21-10-6-5-7-17(21)19(22)11-15-8-9-16(24-3)12-18(15)21/h8-9,12,14-15,17-19H,4-7,10-11,13H2,1-3H3/t14-,15?,17?,18?,19-,21-/m0/s1. The van der Waals surface area contributed by atoms with Gasteiger partial charge in [-0.2, -0.15) is 0 Å². The van der Waals surface area contributed by atoms with Crippen LogP contribution in [-0.2, 0) is 9.47 Å². The first-order chi connectivity index (χ1) is 12.1. The van der Waals surface area contributed by atoms with Crippen LogP contribution in [0.5, 0.6) is 0 Å². The smallest absolute Gasteiger partial charge is 0.410 e. The maximum atomic E-state index is 12.6. The summed E-state index contributed by atoms with van der Waals surface area (Å²) in [4.78, 5) is 14.7. The third kappa shape index (κ3) is 2.43. The quantitative estimate of drug-likeness (QED) is 0.746. The molecule has 2 saturated carbocycles. The van der Waals surface area contributed by atoms with Gasteiger partial charge in [0.1, 0.15) is 5.76 Å². The second-order valence-electron chi connectivity index (χ2n) is 8.34. The predicted octanol–water partition coefficient (Wildman–Crippen LogP) is 4.38. The zero-order valence-corrected chi connectivity index (χ0v) is 15.7. The molecule has 4 nitrogen and oxygen atoms in total. The monoisotopic (exact) mass is 345 g/mol. The van der Waals surface area contributed by atoms with E-state index in [2.05, 4.69) is 30.1 Å². The molecule has 4 rings (SSSR count). The lowest BCUT2D eigenvalue weighted by atomic mass is 9.44. The maximum Gasteiger partial charge on any atom is 0.410 e. The summed E-state index contributed by atoms with van der Waals surface area (Å²) in [5.41, 5.74) is 0.309. The number of ether oxygens (including phenoxy) is 2. The first kappa shape index (κ1) is 17.0. The number of likely N-dealkylation sites (tertiary alicyclic amines) is 1. The highest BCUT2D eigenvalue weighted by atomic mass is 16.6. The molecule has 2 bridgehead atoms. The molecule has 1 aliphatic heterocycles. The number of nitrogens with zero attached hydrogens (tertiary/aromatic N) is 1. The lowest BCUT2D eigenvalue weighted by Gasteiger charge is -2.65. The Labute approximate surface area is 151 Å². The first-order valence-electron chi connectivity index (χ1n) is 9.99. The van der Waals surface area contributed by atoms with Crippen molar-refractivity contribution in [3.8, 4) is 0 Å². The van der Waals surface area contributed by atoms with Gasteiger partial charge in [0, 0.05) is 12.6 Å². The number of amides is 1.